The third-order valence-electron chi connectivity index (χ3n) is 3.80. The molecule has 1 amide bonds. The van der Waals surface area contributed by atoms with Crippen molar-refractivity contribution in [2.75, 3.05) is 6.54 Å². The standard InChI is InChI=1S/C18H23NO3/c1-13-6-8-14(9-7-13)18(2,3)11-17(21)19-12-15(20)16-5-4-10-22-16/h4-10,15,20H,11-12H2,1-3H3,(H,19,21). The van der Waals surface area contributed by atoms with Gasteiger partial charge in [0.1, 0.15) is 11.9 Å². The van der Waals surface area contributed by atoms with E-state index in [2.05, 4.69) is 29.6 Å². The molecule has 1 aromatic carbocycles. The van der Waals surface area contributed by atoms with Crippen LogP contribution in [0.5, 0.6) is 0 Å². The van der Waals surface area contributed by atoms with E-state index < -0.39 is 6.10 Å². The molecule has 1 unspecified atom stereocenters. The quantitative estimate of drug-likeness (QED) is 0.861. The second-order valence-corrected chi connectivity index (χ2v) is 6.26. The van der Waals surface area contributed by atoms with Crippen LogP contribution in [-0.2, 0) is 10.2 Å². The highest BCUT2D eigenvalue weighted by atomic mass is 16.4. The molecule has 4 heteroatoms. The number of amides is 1. The SMILES string of the molecule is Cc1ccc(C(C)(C)CC(=O)NCC(O)c2ccco2)cc1. The van der Waals surface area contributed by atoms with Crippen molar-refractivity contribution in [2.45, 2.75) is 38.7 Å². The highest BCUT2D eigenvalue weighted by Crippen LogP contribution is 2.27. The van der Waals surface area contributed by atoms with Crippen LogP contribution in [-0.4, -0.2) is 17.6 Å². The minimum absolute atomic E-state index is 0.0869. The molecule has 0 aliphatic carbocycles. The molecule has 0 aliphatic heterocycles. The zero-order valence-corrected chi connectivity index (χ0v) is 13.3. The van der Waals surface area contributed by atoms with Crippen molar-refractivity contribution >= 4 is 5.91 Å². The zero-order chi connectivity index (χ0) is 16.2. The number of aliphatic hydroxyl groups excluding tert-OH is 1. The van der Waals surface area contributed by atoms with E-state index in [0.717, 1.165) is 5.56 Å². The smallest absolute Gasteiger partial charge is 0.220 e. The molecule has 4 nitrogen and oxygen atoms in total. The summed E-state index contributed by atoms with van der Waals surface area (Å²) in [7, 11) is 0. The van der Waals surface area contributed by atoms with E-state index >= 15 is 0 Å². The van der Waals surface area contributed by atoms with Crippen molar-refractivity contribution in [1.82, 2.24) is 5.32 Å². The fourth-order valence-corrected chi connectivity index (χ4v) is 2.36. The minimum atomic E-state index is -0.818. The third-order valence-corrected chi connectivity index (χ3v) is 3.80. The summed E-state index contributed by atoms with van der Waals surface area (Å²) in [5.41, 5.74) is 2.07. The van der Waals surface area contributed by atoms with E-state index in [0.29, 0.717) is 12.2 Å². The fraction of sp³-hybridized carbons (Fsp3) is 0.389. The first-order chi connectivity index (χ1) is 10.4. The predicted molar refractivity (Wildman–Crippen MR) is 85.5 cm³/mol. The lowest BCUT2D eigenvalue weighted by Gasteiger charge is -2.25. The van der Waals surface area contributed by atoms with Gasteiger partial charge in [-0.05, 0) is 30.0 Å². The average Bonchev–Trinajstić information content (AvgIpc) is 2.99. The van der Waals surface area contributed by atoms with Crippen molar-refractivity contribution in [3.05, 3.63) is 59.5 Å². The van der Waals surface area contributed by atoms with Crippen molar-refractivity contribution in [1.29, 1.82) is 0 Å². The van der Waals surface area contributed by atoms with Crippen LogP contribution in [0.15, 0.2) is 47.1 Å². The second kappa shape index (κ2) is 6.79. The summed E-state index contributed by atoms with van der Waals surface area (Å²) in [4.78, 5) is 12.1. The molecule has 1 heterocycles. The molecular weight excluding hydrogens is 278 g/mol. The summed E-state index contributed by atoms with van der Waals surface area (Å²) >= 11 is 0. The van der Waals surface area contributed by atoms with Crippen LogP contribution in [0.2, 0.25) is 0 Å². The maximum Gasteiger partial charge on any atom is 0.220 e. The zero-order valence-electron chi connectivity index (χ0n) is 13.3. The number of carbonyl (C=O) groups is 1. The number of furan rings is 1. The monoisotopic (exact) mass is 301 g/mol. The van der Waals surface area contributed by atoms with Crippen LogP contribution in [0.4, 0.5) is 0 Å². The number of aliphatic hydroxyl groups is 1. The van der Waals surface area contributed by atoms with Crippen molar-refractivity contribution < 1.29 is 14.3 Å². The van der Waals surface area contributed by atoms with E-state index in [1.807, 2.05) is 20.8 Å². The molecule has 0 spiro atoms. The van der Waals surface area contributed by atoms with Crippen LogP contribution < -0.4 is 5.32 Å². The summed E-state index contributed by atoms with van der Waals surface area (Å²) in [6.07, 6.45) is 1.04. The van der Waals surface area contributed by atoms with Gasteiger partial charge in [-0.3, -0.25) is 4.79 Å². The molecule has 1 atom stereocenters. The van der Waals surface area contributed by atoms with Gasteiger partial charge in [-0.25, -0.2) is 0 Å². The Morgan fingerprint density at radius 1 is 1.27 bits per heavy atom. The normalized spacial score (nSPS) is 12.9. The maximum absolute atomic E-state index is 12.1. The number of hydrogen-bond donors (Lipinski definition) is 2. The molecule has 2 rings (SSSR count). The van der Waals surface area contributed by atoms with Crippen LogP contribution in [0.3, 0.4) is 0 Å². The van der Waals surface area contributed by atoms with E-state index in [1.54, 1.807) is 12.1 Å². The molecule has 0 fully saturated rings. The van der Waals surface area contributed by atoms with Gasteiger partial charge in [0, 0.05) is 6.42 Å². The average molecular weight is 301 g/mol. The molecule has 22 heavy (non-hydrogen) atoms. The lowest BCUT2D eigenvalue weighted by Crippen LogP contribution is -2.33. The minimum Gasteiger partial charge on any atom is -0.467 e. The van der Waals surface area contributed by atoms with Crippen molar-refractivity contribution in [3.8, 4) is 0 Å². The summed E-state index contributed by atoms with van der Waals surface area (Å²) in [5, 5.41) is 12.7. The first-order valence-corrected chi connectivity index (χ1v) is 7.44. The maximum atomic E-state index is 12.1. The summed E-state index contributed by atoms with van der Waals surface area (Å²) < 4.78 is 5.11. The first kappa shape index (κ1) is 16.3. The summed E-state index contributed by atoms with van der Waals surface area (Å²) in [6.45, 7) is 6.27. The van der Waals surface area contributed by atoms with Crippen molar-refractivity contribution in [3.63, 3.8) is 0 Å². The first-order valence-electron chi connectivity index (χ1n) is 7.44. The van der Waals surface area contributed by atoms with Crippen LogP contribution in [0, 0.1) is 6.92 Å². The van der Waals surface area contributed by atoms with E-state index in [-0.39, 0.29) is 17.9 Å². The fourth-order valence-electron chi connectivity index (χ4n) is 2.36. The van der Waals surface area contributed by atoms with Gasteiger partial charge < -0.3 is 14.8 Å². The van der Waals surface area contributed by atoms with Crippen LogP contribution in [0.25, 0.3) is 0 Å². The molecule has 0 saturated carbocycles. The summed E-state index contributed by atoms with van der Waals surface area (Å²) in [6, 6.07) is 11.6. The third kappa shape index (κ3) is 4.21. The van der Waals surface area contributed by atoms with Gasteiger partial charge in [-0.1, -0.05) is 43.7 Å². The molecular formula is C18H23NO3. The molecule has 2 N–H and O–H groups in total. The number of aryl methyl sites for hydroxylation is 1. The second-order valence-electron chi connectivity index (χ2n) is 6.26. The Morgan fingerprint density at radius 2 is 1.95 bits per heavy atom. The Labute approximate surface area is 131 Å². The lowest BCUT2D eigenvalue weighted by atomic mass is 9.81. The number of benzene rings is 1. The van der Waals surface area contributed by atoms with Crippen molar-refractivity contribution in [2.24, 2.45) is 0 Å². The molecule has 0 aliphatic rings. The molecule has 1 aromatic heterocycles. The largest absolute Gasteiger partial charge is 0.467 e. The van der Waals surface area contributed by atoms with Crippen LogP contribution in [0.1, 0.15) is 43.3 Å². The van der Waals surface area contributed by atoms with Gasteiger partial charge in [0.05, 0.1) is 12.8 Å². The number of nitrogens with one attached hydrogen (secondary N) is 1. The van der Waals surface area contributed by atoms with Gasteiger partial charge in [-0.2, -0.15) is 0 Å². The molecule has 118 valence electrons. The van der Waals surface area contributed by atoms with Crippen LogP contribution >= 0.6 is 0 Å². The summed E-state index contributed by atoms with van der Waals surface area (Å²) in [5.74, 6) is 0.370. The Hall–Kier alpha value is -2.07. The van der Waals surface area contributed by atoms with E-state index in [9.17, 15) is 9.90 Å². The van der Waals surface area contributed by atoms with E-state index in [1.165, 1.54) is 11.8 Å². The van der Waals surface area contributed by atoms with Gasteiger partial charge in [-0.15, -0.1) is 0 Å². The highest BCUT2D eigenvalue weighted by molar-refractivity contribution is 5.77. The van der Waals surface area contributed by atoms with Gasteiger partial charge in [0.15, 0.2) is 0 Å². The van der Waals surface area contributed by atoms with Gasteiger partial charge in [0.25, 0.3) is 0 Å². The Bertz CT molecular complexity index is 600. The Kier molecular flexibility index (Phi) is 5.03. The topological polar surface area (TPSA) is 62.5 Å². The van der Waals surface area contributed by atoms with Gasteiger partial charge in [0.2, 0.25) is 5.91 Å². The molecule has 2 aromatic rings. The lowest BCUT2D eigenvalue weighted by molar-refractivity contribution is -0.122. The molecule has 0 saturated heterocycles. The predicted octanol–water partition coefficient (Wildman–Crippen LogP) is 3.11. The highest BCUT2D eigenvalue weighted by Gasteiger charge is 2.24. The van der Waals surface area contributed by atoms with Gasteiger partial charge >= 0.3 is 0 Å². The Balaban J connectivity index is 1.89. The number of rotatable bonds is 6. The number of carbonyl (C=O) groups excluding carboxylic acids is 1. The van der Waals surface area contributed by atoms with E-state index in [4.69, 9.17) is 4.42 Å². The Morgan fingerprint density at radius 3 is 2.55 bits per heavy atom. The molecule has 0 radical (unpaired) electrons. The number of hydrogen-bond acceptors (Lipinski definition) is 3. The molecule has 0 bridgehead atoms.